The number of ether oxygens (including phenoxy) is 1. The maximum Gasteiger partial charge on any atom is 0.333 e. The Morgan fingerprint density at radius 3 is 3.17 bits per heavy atom. The van der Waals surface area contributed by atoms with Crippen molar-refractivity contribution < 1.29 is 9.53 Å². The largest absolute Gasteiger partial charge is 0.466 e. The molecule has 1 rings (SSSR count). The van der Waals surface area contributed by atoms with Gasteiger partial charge in [-0.15, -0.1) is 0 Å². The summed E-state index contributed by atoms with van der Waals surface area (Å²) >= 11 is 0. The Kier molecular flexibility index (Phi) is 3.80. The molecule has 0 aromatic carbocycles. The topological polar surface area (TPSA) is 38.3 Å². The lowest BCUT2D eigenvalue weighted by Crippen LogP contribution is -2.20. The van der Waals surface area contributed by atoms with Crippen LogP contribution in [0.4, 0.5) is 0 Å². The third-order valence-electron chi connectivity index (χ3n) is 1.97. The van der Waals surface area contributed by atoms with E-state index in [1.165, 1.54) is 7.11 Å². The molecular weight excluding hydrogens is 154 g/mol. The first-order valence-corrected chi connectivity index (χ1v) is 4.32. The minimum absolute atomic E-state index is 0.182. The van der Waals surface area contributed by atoms with Crippen LogP contribution >= 0.6 is 0 Å². The van der Waals surface area contributed by atoms with Crippen LogP contribution in [0.1, 0.15) is 19.3 Å². The van der Waals surface area contributed by atoms with Crippen LogP contribution in [0.3, 0.4) is 0 Å². The third kappa shape index (κ3) is 2.66. The molecule has 1 aliphatic rings. The molecule has 0 aromatic rings. The lowest BCUT2D eigenvalue weighted by molar-refractivity contribution is -0.136. The molecule has 0 aliphatic carbocycles. The Morgan fingerprint density at radius 1 is 1.58 bits per heavy atom. The summed E-state index contributed by atoms with van der Waals surface area (Å²) in [4.78, 5) is 11.1. The van der Waals surface area contributed by atoms with Crippen LogP contribution in [-0.2, 0) is 9.53 Å². The van der Waals surface area contributed by atoms with E-state index >= 15 is 0 Å². The summed E-state index contributed by atoms with van der Waals surface area (Å²) in [6.07, 6.45) is 4.84. The summed E-state index contributed by atoms with van der Waals surface area (Å²) < 4.78 is 4.65. The number of hydrogen-bond acceptors (Lipinski definition) is 3. The standard InChI is InChI=1S/C9H15NO2/c1-12-9(11)8-4-2-3-6-10-7-5-8/h4,10H,2-3,5-7H2,1H3/b8-4+. The van der Waals surface area contributed by atoms with Crippen LogP contribution in [-0.4, -0.2) is 26.2 Å². The molecule has 0 saturated carbocycles. The van der Waals surface area contributed by atoms with E-state index in [0.717, 1.165) is 37.9 Å². The number of esters is 1. The Hall–Kier alpha value is -0.830. The minimum Gasteiger partial charge on any atom is -0.466 e. The molecular formula is C9H15NO2. The molecule has 3 nitrogen and oxygen atoms in total. The van der Waals surface area contributed by atoms with Crippen LogP contribution in [0.5, 0.6) is 0 Å². The molecule has 12 heavy (non-hydrogen) atoms. The number of carbonyl (C=O) groups is 1. The zero-order valence-corrected chi connectivity index (χ0v) is 7.43. The zero-order chi connectivity index (χ0) is 8.81. The number of rotatable bonds is 1. The maximum absolute atomic E-state index is 11.1. The molecule has 0 unspecified atom stereocenters. The highest BCUT2D eigenvalue weighted by Crippen LogP contribution is 2.07. The van der Waals surface area contributed by atoms with E-state index in [1.54, 1.807) is 0 Å². The van der Waals surface area contributed by atoms with Gasteiger partial charge in [-0.05, 0) is 32.4 Å². The molecule has 1 aliphatic heterocycles. The lowest BCUT2D eigenvalue weighted by atomic mass is 10.1. The summed E-state index contributed by atoms with van der Waals surface area (Å²) in [6, 6.07) is 0. The van der Waals surface area contributed by atoms with E-state index in [-0.39, 0.29) is 5.97 Å². The summed E-state index contributed by atoms with van der Waals surface area (Å²) in [7, 11) is 1.43. The number of allylic oxidation sites excluding steroid dienone is 1. The van der Waals surface area contributed by atoms with E-state index < -0.39 is 0 Å². The second-order valence-electron chi connectivity index (χ2n) is 2.86. The van der Waals surface area contributed by atoms with Crippen LogP contribution in [0, 0.1) is 0 Å². The zero-order valence-electron chi connectivity index (χ0n) is 7.43. The fourth-order valence-corrected chi connectivity index (χ4v) is 1.27. The average Bonchev–Trinajstić information content (AvgIpc) is 2.02. The number of methoxy groups -OCH3 is 1. The van der Waals surface area contributed by atoms with E-state index in [2.05, 4.69) is 10.1 Å². The van der Waals surface area contributed by atoms with Crippen molar-refractivity contribution in [2.75, 3.05) is 20.2 Å². The first-order valence-electron chi connectivity index (χ1n) is 4.32. The first-order chi connectivity index (χ1) is 5.84. The maximum atomic E-state index is 11.1. The fraction of sp³-hybridized carbons (Fsp3) is 0.667. The monoisotopic (exact) mass is 169 g/mol. The fourth-order valence-electron chi connectivity index (χ4n) is 1.27. The van der Waals surface area contributed by atoms with Gasteiger partial charge in [0.2, 0.25) is 0 Å². The van der Waals surface area contributed by atoms with Gasteiger partial charge >= 0.3 is 5.97 Å². The van der Waals surface area contributed by atoms with Crippen molar-refractivity contribution in [2.24, 2.45) is 0 Å². The second-order valence-corrected chi connectivity index (χ2v) is 2.86. The molecule has 0 radical (unpaired) electrons. The molecule has 0 aromatic heterocycles. The van der Waals surface area contributed by atoms with E-state index in [0.29, 0.717) is 0 Å². The normalized spacial score (nSPS) is 23.2. The molecule has 0 amide bonds. The smallest absolute Gasteiger partial charge is 0.333 e. The van der Waals surface area contributed by atoms with Crippen molar-refractivity contribution >= 4 is 5.97 Å². The van der Waals surface area contributed by atoms with Crippen molar-refractivity contribution in [3.8, 4) is 0 Å². The first kappa shape index (κ1) is 9.26. The van der Waals surface area contributed by atoms with E-state index in [1.807, 2.05) is 6.08 Å². The van der Waals surface area contributed by atoms with Gasteiger partial charge in [0.25, 0.3) is 0 Å². The van der Waals surface area contributed by atoms with Crippen molar-refractivity contribution in [2.45, 2.75) is 19.3 Å². The highest BCUT2D eigenvalue weighted by molar-refractivity contribution is 5.88. The van der Waals surface area contributed by atoms with Crippen LogP contribution < -0.4 is 5.32 Å². The Balaban J connectivity index is 2.52. The van der Waals surface area contributed by atoms with Gasteiger partial charge in [0.05, 0.1) is 7.11 Å². The predicted molar refractivity (Wildman–Crippen MR) is 46.8 cm³/mol. The predicted octanol–water partition coefficient (Wildman–Crippen LogP) is 0.859. The SMILES string of the molecule is COC(=O)/C1=C/CCCNCC1. The molecule has 0 atom stereocenters. The van der Waals surface area contributed by atoms with Gasteiger partial charge in [-0.25, -0.2) is 4.79 Å². The molecule has 3 heteroatoms. The van der Waals surface area contributed by atoms with Gasteiger partial charge in [-0.1, -0.05) is 6.08 Å². The molecule has 0 spiro atoms. The van der Waals surface area contributed by atoms with Gasteiger partial charge in [-0.2, -0.15) is 0 Å². The molecule has 1 heterocycles. The van der Waals surface area contributed by atoms with Gasteiger partial charge < -0.3 is 10.1 Å². The van der Waals surface area contributed by atoms with Crippen molar-refractivity contribution in [3.05, 3.63) is 11.6 Å². The quantitative estimate of drug-likeness (QED) is 0.592. The summed E-state index contributed by atoms with van der Waals surface area (Å²) in [6.45, 7) is 1.92. The molecule has 68 valence electrons. The molecule has 0 fully saturated rings. The summed E-state index contributed by atoms with van der Waals surface area (Å²) in [5.41, 5.74) is 0.810. The Morgan fingerprint density at radius 2 is 2.42 bits per heavy atom. The molecule has 0 bridgehead atoms. The van der Waals surface area contributed by atoms with E-state index in [4.69, 9.17) is 0 Å². The summed E-state index contributed by atoms with van der Waals surface area (Å²) in [5, 5.41) is 3.25. The van der Waals surface area contributed by atoms with Crippen LogP contribution in [0.15, 0.2) is 11.6 Å². The van der Waals surface area contributed by atoms with Crippen molar-refractivity contribution in [1.82, 2.24) is 5.32 Å². The van der Waals surface area contributed by atoms with Gasteiger partial charge in [0, 0.05) is 5.57 Å². The van der Waals surface area contributed by atoms with Gasteiger partial charge in [-0.3, -0.25) is 0 Å². The highest BCUT2D eigenvalue weighted by atomic mass is 16.5. The summed E-state index contributed by atoms with van der Waals surface area (Å²) in [5.74, 6) is -0.182. The third-order valence-corrected chi connectivity index (χ3v) is 1.97. The average molecular weight is 169 g/mol. The van der Waals surface area contributed by atoms with Crippen molar-refractivity contribution in [3.63, 3.8) is 0 Å². The van der Waals surface area contributed by atoms with Crippen LogP contribution in [0.2, 0.25) is 0 Å². The Labute approximate surface area is 72.8 Å². The number of nitrogens with one attached hydrogen (secondary N) is 1. The molecule has 0 saturated heterocycles. The number of hydrogen-bond donors (Lipinski definition) is 1. The minimum atomic E-state index is -0.182. The lowest BCUT2D eigenvalue weighted by Gasteiger charge is -2.10. The van der Waals surface area contributed by atoms with Crippen LogP contribution in [0.25, 0.3) is 0 Å². The van der Waals surface area contributed by atoms with Gasteiger partial charge in [0.1, 0.15) is 0 Å². The number of carbonyl (C=O) groups excluding carboxylic acids is 1. The van der Waals surface area contributed by atoms with Gasteiger partial charge in [0.15, 0.2) is 0 Å². The second kappa shape index (κ2) is 4.93. The van der Waals surface area contributed by atoms with E-state index in [9.17, 15) is 4.79 Å². The van der Waals surface area contributed by atoms with Crippen molar-refractivity contribution in [1.29, 1.82) is 0 Å². The molecule has 1 N–H and O–H groups in total. The Bertz CT molecular complexity index is 187. The highest BCUT2D eigenvalue weighted by Gasteiger charge is 2.09.